The number of aliphatic carboxylic acids is 1. The van der Waals surface area contributed by atoms with Gasteiger partial charge in [-0.1, -0.05) is 41.4 Å². The molecule has 2 atom stereocenters. The Labute approximate surface area is 168 Å². The highest BCUT2D eigenvalue weighted by Crippen LogP contribution is 2.42. The number of nitrogens with zero attached hydrogens (tertiary/aromatic N) is 1. The Hall–Kier alpha value is -1.95. The molecule has 0 saturated carbocycles. The van der Waals surface area contributed by atoms with Crippen molar-refractivity contribution in [2.24, 2.45) is 0 Å². The van der Waals surface area contributed by atoms with Crippen molar-refractivity contribution >= 4 is 29.2 Å². The molecule has 1 N–H and O–H groups in total. The Bertz CT molecular complexity index is 843. The molecule has 0 bridgehead atoms. The zero-order chi connectivity index (χ0) is 19.6. The van der Waals surface area contributed by atoms with Crippen LogP contribution < -0.4 is 9.47 Å². The van der Waals surface area contributed by atoms with Crippen molar-refractivity contribution in [2.75, 3.05) is 20.8 Å². The molecule has 1 aliphatic rings. The van der Waals surface area contributed by atoms with Gasteiger partial charge in [-0.2, -0.15) is 0 Å². The van der Waals surface area contributed by atoms with Crippen LogP contribution in [-0.4, -0.2) is 42.8 Å². The lowest BCUT2D eigenvalue weighted by molar-refractivity contribution is -0.142. The number of carboxylic acids is 1. The fraction of sp³-hybridized carbons (Fsp3) is 0.350. The van der Waals surface area contributed by atoms with E-state index in [2.05, 4.69) is 0 Å². The fourth-order valence-electron chi connectivity index (χ4n) is 3.67. The molecule has 5 nitrogen and oxygen atoms in total. The minimum Gasteiger partial charge on any atom is -0.493 e. The van der Waals surface area contributed by atoms with Gasteiger partial charge in [0.2, 0.25) is 0 Å². The molecule has 0 spiro atoms. The molecule has 0 aliphatic carbocycles. The van der Waals surface area contributed by atoms with Crippen LogP contribution in [0.1, 0.15) is 30.0 Å². The van der Waals surface area contributed by atoms with Crippen LogP contribution in [-0.2, 0) is 4.79 Å². The van der Waals surface area contributed by atoms with Crippen LogP contribution in [0.3, 0.4) is 0 Å². The summed E-state index contributed by atoms with van der Waals surface area (Å²) in [6.45, 7) is 0.652. The molecule has 0 amide bonds. The maximum atomic E-state index is 11.8. The molecule has 1 saturated heterocycles. The van der Waals surface area contributed by atoms with Crippen molar-refractivity contribution in [3.8, 4) is 11.5 Å². The van der Waals surface area contributed by atoms with E-state index in [1.54, 1.807) is 20.3 Å². The summed E-state index contributed by atoms with van der Waals surface area (Å²) in [5, 5.41) is 10.5. The van der Waals surface area contributed by atoms with Crippen molar-refractivity contribution in [2.45, 2.75) is 24.9 Å². The molecule has 1 heterocycles. The van der Waals surface area contributed by atoms with Crippen LogP contribution in [0.15, 0.2) is 36.4 Å². The van der Waals surface area contributed by atoms with Crippen molar-refractivity contribution < 1.29 is 19.4 Å². The Kier molecular flexibility index (Phi) is 6.15. The van der Waals surface area contributed by atoms with Crippen LogP contribution in [0.25, 0.3) is 0 Å². The summed E-state index contributed by atoms with van der Waals surface area (Å²) in [7, 11) is 3.14. The highest BCUT2D eigenvalue weighted by molar-refractivity contribution is 6.42. The molecule has 2 unspecified atom stereocenters. The number of ether oxygens (including phenoxy) is 2. The number of halogens is 2. The zero-order valence-electron chi connectivity index (χ0n) is 15.1. The fourth-order valence-corrected chi connectivity index (χ4v) is 4.08. The number of likely N-dealkylation sites (tertiary alicyclic amines) is 1. The normalized spacial score (nSPS) is 18.3. The number of carbonyl (C=O) groups is 1. The molecule has 3 rings (SSSR count). The van der Waals surface area contributed by atoms with E-state index in [4.69, 9.17) is 32.7 Å². The monoisotopic (exact) mass is 409 g/mol. The Balaban J connectivity index is 2.16. The van der Waals surface area contributed by atoms with E-state index in [1.807, 2.05) is 35.2 Å². The second kappa shape index (κ2) is 8.38. The molecule has 27 heavy (non-hydrogen) atoms. The van der Waals surface area contributed by atoms with E-state index in [0.29, 0.717) is 34.5 Å². The summed E-state index contributed by atoms with van der Waals surface area (Å²) in [5.74, 6) is 0.341. The summed E-state index contributed by atoms with van der Waals surface area (Å²) in [4.78, 5) is 13.8. The van der Waals surface area contributed by atoms with E-state index in [1.165, 1.54) is 0 Å². The average Bonchev–Trinajstić information content (AvgIpc) is 3.15. The van der Waals surface area contributed by atoms with Gasteiger partial charge in [-0.25, -0.2) is 0 Å². The number of rotatable bonds is 6. The highest BCUT2D eigenvalue weighted by Gasteiger charge is 2.38. The molecule has 2 aromatic rings. The third-order valence-electron chi connectivity index (χ3n) is 4.91. The van der Waals surface area contributed by atoms with Crippen molar-refractivity contribution in [3.63, 3.8) is 0 Å². The number of carboxylic acid groups (broad SMARTS) is 1. The Morgan fingerprint density at radius 2 is 1.93 bits per heavy atom. The summed E-state index contributed by atoms with van der Waals surface area (Å²) in [6, 6.07) is 10.1. The van der Waals surface area contributed by atoms with Crippen molar-refractivity contribution in [1.82, 2.24) is 4.90 Å². The van der Waals surface area contributed by atoms with E-state index < -0.39 is 12.0 Å². The maximum Gasteiger partial charge on any atom is 0.320 e. The van der Waals surface area contributed by atoms with Crippen LogP contribution in [0, 0.1) is 0 Å². The smallest absolute Gasteiger partial charge is 0.320 e. The van der Waals surface area contributed by atoms with Gasteiger partial charge < -0.3 is 14.6 Å². The summed E-state index contributed by atoms with van der Waals surface area (Å²) < 4.78 is 10.8. The Morgan fingerprint density at radius 3 is 2.59 bits per heavy atom. The van der Waals surface area contributed by atoms with Gasteiger partial charge in [0.05, 0.1) is 30.3 Å². The van der Waals surface area contributed by atoms with E-state index >= 15 is 0 Å². The molecular formula is C20H21Cl2NO4. The first-order chi connectivity index (χ1) is 13.0. The first-order valence-electron chi connectivity index (χ1n) is 8.62. The molecule has 1 fully saturated rings. The van der Waals surface area contributed by atoms with Gasteiger partial charge in [0, 0.05) is 6.54 Å². The van der Waals surface area contributed by atoms with Gasteiger partial charge >= 0.3 is 5.97 Å². The van der Waals surface area contributed by atoms with E-state index in [-0.39, 0.29) is 6.04 Å². The average molecular weight is 410 g/mol. The molecule has 144 valence electrons. The predicted octanol–water partition coefficient (Wildman–Crippen LogP) is 4.65. The van der Waals surface area contributed by atoms with Crippen molar-refractivity contribution in [1.29, 1.82) is 0 Å². The van der Waals surface area contributed by atoms with Gasteiger partial charge in [0.15, 0.2) is 11.5 Å². The molecule has 2 aromatic carbocycles. The third-order valence-corrected chi connectivity index (χ3v) is 5.74. The Morgan fingerprint density at radius 1 is 1.19 bits per heavy atom. The molecular weight excluding hydrogens is 389 g/mol. The van der Waals surface area contributed by atoms with E-state index in [9.17, 15) is 9.90 Å². The number of benzene rings is 2. The SMILES string of the molecule is COc1ccc(C(c2cccc(Cl)c2Cl)N2CCCC2C(=O)O)cc1OC. The second-order valence-corrected chi connectivity index (χ2v) is 7.18. The van der Waals surface area contributed by atoms with Crippen LogP contribution in [0.5, 0.6) is 11.5 Å². The summed E-state index contributed by atoms with van der Waals surface area (Å²) in [5.41, 5.74) is 1.63. The summed E-state index contributed by atoms with van der Waals surface area (Å²) in [6.07, 6.45) is 1.40. The first-order valence-corrected chi connectivity index (χ1v) is 9.38. The molecule has 7 heteroatoms. The maximum absolute atomic E-state index is 11.8. The van der Waals surface area contributed by atoms with Gasteiger partial charge in [-0.3, -0.25) is 9.69 Å². The lowest BCUT2D eigenvalue weighted by Crippen LogP contribution is -2.39. The molecule has 1 aliphatic heterocycles. The van der Waals surface area contributed by atoms with Crippen LogP contribution >= 0.6 is 23.2 Å². The number of hydrogen-bond acceptors (Lipinski definition) is 4. The topological polar surface area (TPSA) is 59.0 Å². The van der Waals surface area contributed by atoms with Crippen molar-refractivity contribution in [3.05, 3.63) is 57.6 Å². The first kappa shape index (κ1) is 19.8. The van der Waals surface area contributed by atoms with Gasteiger partial charge in [-0.15, -0.1) is 0 Å². The van der Waals surface area contributed by atoms with Gasteiger partial charge in [0.25, 0.3) is 0 Å². The molecule has 0 aromatic heterocycles. The predicted molar refractivity (Wildman–Crippen MR) is 105 cm³/mol. The minimum absolute atomic E-state index is 0.361. The highest BCUT2D eigenvalue weighted by atomic mass is 35.5. The lowest BCUT2D eigenvalue weighted by atomic mass is 9.95. The van der Waals surface area contributed by atoms with E-state index in [0.717, 1.165) is 17.5 Å². The standard InChI is InChI=1S/C20H21Cl2NO4/c1-26-16-9-8-12(11-17(16)27-2)19(13-5-3-6-14(21)18(13)22)23-10-4-7-15(23)20(24)25/h3,5-6,8-9,11,15,19H,4,7,10H2,1-2H3,(H,24,25). The summed E-state index contributed by atoms with van der Waals surface area (Å²) >= 11 is 12.8. The lowest BCUT2D eigenvalue weighted by Gasteiger charge is -2.33. The second-order valence-electron chi connectivity index (χ2n) is 6.39. The quantitative estimate of drug-likeness (QED) is 0.752. The number of methoxy groups -OCH3 is 2. The minimum atomic E-state index is -0.837. The van der Waals surface area contributed by atoms with Gasteiger partial charge in [0.1, 0.15) is 6.04 Å². The number of hydrogen-bond donors (Lipinski definition) is 1. The van der Waals surface area contributed by atoms with Crippen LogP contribution in [0.2, 0.25) is 10.0 Å². The zero-order valence-corrected chi connectivity index (χ0v) is 16.6. The third kappa shape index (κ3) is 3.86. The van der Waals surface area contributed by atoms with Gasteiger partial charge in [-0.05, 0) is 42.2 Å². The largest absolute Gasteiger partial charge is 0.493 e. The van der Waals surface area contributed by atoms with Crippen LogP contribution in [0.4, 0.5) is 0 Å². The molecule has 0 radical (unpaired) electrons.